The molecule has 37 heavy (non-hydrogen) atoms. The van der Waals surface area contributed by atoms with Crippen molar-refractivity contribution in [3.63, 3.8) is 0 Å². The van der Waals surface area contributed by atoms with Crippen LogP contribution < -0.4 is 0 Å². The first-order valence-corrected chi connectivity index (χ1v) is 11.9. The van der Waals surface area contributed by atoms with Gasteiger partial charge in [0.1, 0.15) is 24.6 Å². The van der Waals surface area contributed by atoms with Gasteiger partial charge in [-0.25, -0.2) is 0 Å². The van der Waals surface area contributed by atoms with E-state index in [1.807, 2.05) is 0 Å². The molecular weight excluding hydrogens is 492 g/mol. The molecule has 0 rings (SSSR count). The zero-order valence-electron chi connectivity index (χ0n) is 22.7. The molecule has 0 fully saturated rings. The van der Waals surface area contributed by atoms with E-state index in [9.17, 15) is 33.6 Å². The summed E-state index contributed by atoms with van der Waals surface area (Å²) in [5, 5.41) is 0. The van der Waals surface area contributed by atoms with Gasteiger partial charge in [-0.15, -0.1) is 0 Å². The van der Waals surface area contributed by atoms with Crippen molar-refractivity contribution in [1.29, 1.82) is 0 Å². The Morgan fingerprint density at radius 2 is 1.05 bits per heavy atom. The van der Waals surface area contributed by atoms with E-state index in [0.29, 0.717) is 0 Å². The Hall–Kier alpha value is -3.31. The Balaban J connectivity index is 6.02. The summed E-state index contributed by atoms with van der Waals surface area (Å²) >= 11 is 0. The van der Waals surface area contributed by atoms with Crippen LogP contribution in [0.4, 0.5) is 0 Å². The second-order valence-electron chi connectivity index (χ2n) is 8.99. The van der Waals surface area contributed by atoms with E-state index in [0.717, 1.165) is 27.7 Å². The Kier molecular flexibility index (Phi) is 15.0. The van der Waals surface area contributed by atoms with E-state index < -0.39 is 71.9 Å². The second-order valence-corrected chi connectivity index (χ2v) is 8.99. The van der Waals surface area contributed by atoms with Crippen LogP contribution in [0.1, 0.15) is 74.7 Å². The van der Waals surface area contributed by atoms with E-state index in [4.69, 9.17) is 23.7 Å². The lowest BCUT2D eigenvalue weighted by Gasteiger charge is -2.30. The minimum atomic E-state index is -1.48. The van der Waals surface area contributed by atoms with Crippen molar-refractivity contribution in [3.8, 4) is 0 Å². The molecule has 0 aromatic heterocycles. The zero-order valence-corrected chi connectivity index (χ0v) is 22.7. The number of carbonyl (C=O) groups is 7. The van der Waals surface area contributed by atoms with Crippen molar-refractivity contribution >= 4 is 41.4 Å². The smallest absolute Gasteiger partial charge is 0.303 e. The molecule has 0 amide bonds. The highest BCUT2D eigenvalue weighted by Crippen LogP contribution is 2.24. The van der Waals surface area contributed by atoms with Crippen LogP contribution in [0.3, 0.4) is 0 Å². The molecule has 0 saturated heterocycles. The SMILES string of the molecule is CC(=O)OC[C@@H](C[C@@H](C)[C@H](OC(C)=O)C(=O)[C@@H](C[C@H](C[C@@H](C)C(C)=O)OC(C)=O)OC(C)=O)OC(C)=O. The summed E-state index contributed by atoms with van der Waals surface area (Å²) in [4.78, 5) is 83.2. The summed E-state index contributed by atoms with van der Waals surface area (Å²) in [6.45, 7) is 9.93. The van der Waals surface area contributed by atoms with Crippen LogP contribution in [-0.2, 0) is 57.2 Å². The predicted octanol–water partition coefficient (Wildman–Crippen LogP) is 1.88. The molecule has 0 aliphatic heterocycles. The quantitative estimate of drug-likeness (QED) is 0.210. The lowest BCUT2D eigenvalue weighted by Crippen LogP contribution is -2.44. The molecule has 12 nitrogen and oxygen atoms in total. The maximum Gasteiger partial charge on any atom is 0.303 e. The lowest BCUT2D eigenvalue weighted by molar-refractivity contribution is -0.170. The molecule has 0 aliphatic rings. The van der Waals surface area contributed by atoms with Gasteiger partial charge in [-0.2, -0.15) is 0 Å². The number of carbonyl (C=O) groups excluding carboxylic acids is 7. The number of Topliss-reactive ketones (excluding diaryl/α,β-unsaturated/α-hetero) is 2. The Morgan fingerprint density at radius 1 is 0.568 bits per heavy atom. The molecule has 0 aromatic carbocycles. The fraction of sp³-hybridized carbons (Fsp3) is 0.720. The third kappa shape index (κ3) is 14.7. The fourth-order valence-electron chi connectivity index (χ4n) is 3.60. The highest BCUT2D eigenvalue weighted by Gasteiger charge is 2.39. The van der Waals surface area contributed by atoms with Crippen LogP contribution in [0.25, 0.3) is 0 Å². The minimum Gasteiger partial charge on any atom is -0.462 e. The summed E-state index contributed by atoms with van der Waals surface area (Å²) in [7, 11) is 0. The molecule has 0 radical (unpaired) electrons. The van der Waals surface area contributed by atoms with Crippen LogP contribution in [0.15, 0.2) is 0 Å². The maximum atomic E-state index is 13.5. The van der Waals surface area contributed by atoms with Gasteiger partial charge in [0.2, 0.25) is 5.78 Å². The zero-order chi connectivity index (χ0) is 28.9. The Bertz CT molecular complexity index is 849. The van der Waals surface area contributed by atoms with E-state index in [2.05, 4.69) is 0 Å². The van der Waals surface area contributed by atoms with Crippen LogP contribution in [0, 0.1) is 11.8 Å². The average Bonchev–Trinajstić information content (AvgIpc) is 2.73. The van der Waals surface area contributed by atoms with E-state index in [-0.39, 0.29) is 31.7 Å². The molecule has 0 aromatic rings. The first-order chi connectivity index (χ1) is 17.0. The van der Waals surface area contributed by atoms with Crippen LogP contribution in [0.5, 0.6) is 0 Å². The molecule has 12 heteroatoms. The van der Waals surface area contributed by atoms with Crippen molar-refractivity contribution in [1.82, 2.24) is 0 Å². The molecule has 0 N–H and O–H groups in total. The van der Waals surface area contributed by atoms with Crippen molar-refractivity contribution in [2.45, 2.75) is 99.1 Å². The standard InChI is InChI=1S/C25H38O12/c1-13(15(3)26)9-21(34-17(5)28)11-23(36-19(7)30)24(32)25(37-20(8)31)14(2)10-22(35-18(6)29)12-33-16(4)27/h13-14,21-23,25H,9-12H2,1-8H3/t13-,14-,21+,22-,23-,25+/m1/s1. The van der Waals surface area contributed by atoms with Crippen LogP contribution in [-0.4, -0.2) is 72.4 Å². The molecular formula is C25H38O12. The average molecular weight is 531 g/mol. The topological polar surface area (TPSA) is 166 Å². The summed E-state index contributed by atoms with van der Waals surface area (Å²) in [6.07, 6.45) is -5.06. The van der Waals surface area contributed by atoms with Gasteiger partial charge in [0.05, 0.1) is 0 Å². The van der Waals surface area contributed by atoms with E-state index in [1.54, 1.807) is 13.8 Å². The number of hydrogen-bond acceptors (Lipinski definition) is 12. The highest BCUT2D eigenvalue weighted by atomic mass is 16.6. The largest absolute Gasteiger partial charge is 0.462 e. The van der Waals surface area contributed by atoms with Crippen LogP contribution in [0.2, 0.25) is 0 Å². The van der Waals surface area contributed by atoms with Gasteiger partial charge in [-0.3, -0.25) is 33.6 Å². The molecule has 210 valence electrons. The summed E-state index contributed by atoms with van der Waals surface area (Å²) in [5.41, 5.74) is 0. The van der Waals surface area contributed by atoms with Gasteiger partial charge in [0, 0.05) is 52.9 Å². The van der Waals surface area contributed by atoms with Crippen molar-refractivity contribution < 1.29 is 57.2 Å². The molecule has 0 heterocycles. The van der Waals surface area contributed by atoms with E-state index >= 15 is 0 Å². The summed E-state index contributed by atoms with van der Waals surface area (Å²) in [6, 6.07) is 0. The van der Waals surface area contributed by atoms with Gasteiger partial charge < -0.3 is 23.7 Å². The van der Waals surface area contributed by atoms with Crippen molar-refractivity contribution in [3.05, 3.63) is 0 Å². The second kappa shape index (κ2) is 16.4. The predicted molar refractivity (Wildman–Crippen MR) is 127 cm³/mol. The van der Waals surface area contributed by atoms with Gasteiger partial charge in [0.25, 0.3) is 0 Å². The summed E-state index contributed by atoms with van der Waals surface area (Å²) in [5.74, 6) is -5.76. The third-order valence-corrected chi connectivity index (χ3v) is 5.28. The number of esters is 5. The molecule has 6 atom stereocenters. The first kappa shape index (κ1) is 33.7. The molecule has 0 aliphatic carbocycles. The number of rotatable bonds is 16. The summed E-state index contributed by atoms with van der Waals surface area (Å²) < 4.78 is 25.8. The van der Waals surface area contributed by atoms with Crippen LogP contribution >= 0.6 is 0 Å². The number of ether oxygens (including phenoxy) is 5. The minimum absolute atomic E-state index is 0.0436. The van der Waals surface area contributed by atoms with E-state index in [1.165, 1.54) is 13.8 Å². The van der Waals surface area contributed by atoms with Gasteiger partial charge in [-0.1, -0.05) is 13.8 Å². The van der Waals surface area contributed by atoms with Gasteiger partial charge in [0.15, 0.2) is 12.2 Å². The molecule has 0 bridgehead atoms. The van der Waals surface area contributed by atoms with Crippen molar-refractivity contribution in [2.75, 3.05) is 6.61 Å². The monoisotopic (exact) mass is 530 g/mol. The van der Waals surface area contributed by atoms with Gasteiger partial charge >= 0.3 is 29.8 Å². The number of hydrogen-bond donors (Lipinski definition) is 0. The Morgan fingerprint density at radius 3 is 1.49 bits per heavy atom. The fourth-order valence-corrected chi connectivity index (χ4v) is 3.60. The maximum absolute atomic E-state index is 13.5. The third-order valence-electron chi connectivity index (χ3n) is 5.28. The molecule has 0 spiro atoms. The Labute approximate surface area is 216 Å². The normalized spacial score (nSPS) is 15.6. The molecule has 0 saturated carbocycles. The highest BCUT2D eigenvalue weighted by molar-refractivity contribution is 5.91. The lowest BCUT2D eigenvalue weighted by atomic mass is 9.89. The van der Waals surface area contributed by atoms with Gasteiger partial charge in [-0.05, 0) is 19.8 Å². The first-order valence-electron chi connectivity index (χ1n) is 11.9. The van der Waals surface area contributed by atoms with Crippen molar-refractivity contribution in [2.24, 2.45) is 11.8 Å². The molecule has 0 unspecified atom stereocenters. The number of ketones is 2.